The lowest BCUT2D eigenvalue weighted by Gasteiger charge is -2.41. The van der Waals surface area contributed by atoms with E-state index in [9.17, 15) is 15.0 Å². The van der Waals surface area contributed by atoms with Crippen molar-refractivity contribution in [1.82, 2.24) is 0 Å². The number of rotatable bonds is 6. The lowest BCUT2D eigenvalue weighted by Crippen LogP contribution is -2.38. The van der Waals surface area contributed by atoms with Crippen LogP contribution >= 0.6 is 0 Å². The molecule has 0 radical (unpaired) electrons. The number of carbonyl (C=O) groups is 1. The third kappa shape index (κ3) is 4.73. The standard InChI is InChI=1S/C25H32O6/c1-14-8-22-18(9-19(14)26)25(5,6)12-16(31-22)11-24(3,4)17-10-21(30-13-23(28)29)15(2)7-20(17)27/h7-10,16,26-27H,11-13H2,1-6H3,(H,28,29)/t16-/m1/s1. The number of ether oxygens (including phenoxy) is 2. The second-order valence-corrected chi connectivity index (χ2v) is 9.87. The molecule has 0 amide bonds. The topological polar surface area (TPSA) is 96.2 Å². The maximum Gasteiger partial charge on any atom is 0.341 e. The van der Waals surface area contributed by atoms with Gasteiger partial charge in [0.05, 0.1) is 0 Å². The minimum atomic E-state index is -1.05. The number of phenolic OH excluding ortho intramolecular Hbond substituents is 2. The Balaban J connectivity index is 1.89. The molecular weight excluding hydrogens is 396 g/mol. The van der Waals surface area contributed by atoms with E-state index in [1.165, 1.54) is 0 Å². The van der Waals surface area contributed by atoms with Gasteiger partial charge < -0.3 is 24.8 Å². The van der Waals surface area contributed by atoms with Crippen LogP contribution < -0.4 is 9.47 Å². The first-order chi connectivity index (χ1) is 14.3. The van der Waals surface area contributed by atoms with Gasteiger partial charge in [0.2, 0.25) is 0 Å². The van der Waals surface area contributed by atoms with E-state index in [0.29, 0.717) is 23.3 Å². The van der Waals surface area contributed by atoms with Gasteiger partial charge in [-0.1, -0.05) is 27.7 Å². The highest BCUT2D eigenvalue weighted by Crippen LogP contribution is 2.47. The molecule has 2 aromatic carbocycles. The van der Waals surface area contributed by atoms with Gasteiger partial charge in [-0.05, 0) is 72.9 Å². The molecule has 1 aliphatic rings. The smallest absolute Gasteiger partial charge is 0.341 e. The number of carboxylic acid groups (broad SMARTS) is 1. The number of fused-ring (bicyclic) bond motifs is 1. The molecule has 1 aliphatic heterocycles. The lowest BCUT2D eigenvalue weighted by atomic mass is 9.72. The third-order valence-corrected chi connectivity index (χ3v) is 6.17. The first kappa shape index (κ1) is 22.8. The molecule has 0 aliphatic carbocycles. The number of hydrogen-bond acceptors (Lipinski definition) is 5. The predicted molar refractivity (Wildman–Crippen MR) is 119 cm³/mol. The fraction of sp³-hybridized carbons (Fsp3) is 0.480. The van der Waals surface area contributed by atoms with Crippen molar-refractivity contribution in [2.45, 2.75) is 71.3 Å². The van der Waals surface area contributed by atoms with Gasteiger partial charge >= 0.3 is 5.97 Å². The molecule has 3 N–H and O–H groups in total. The van der Waals surface area contributed by atoms with E-state index in [1.54, 1.807) is 25.1 Å². The summed E-state index contributed by atoms with van der Waals surface area (Å²) in [6, 6.07) is 7.02. The van der Waals surface area contributed by atoms with Crippen molar-refractivity contribution in [2.24, 2.45) is 0 Å². The van der Waals surface area contributed by atoms with E-state index in [2.05, 4.69) is 13.8 Å². The largest absolute Gasteiger partial charge is 0.508 e. The van der Waals surface area contributed by atoms with Gasteiger partial charge in [0, 0.05) is 11.1 Å². The van der Waals surface area contributed by atoms with Crippen molar-refractivity contribution < 1.29 is 29.6 Å². The zero-order chi connectivity index (χ0) is 23.1. The molecule has 1 heterocycles. The van der Waals surface area contributed by atoms with Crippen molar-refractivity contribution in [3.05, 3.63) is 46.5 Å². The summed E-state index contributed by atoms with van der Waals surface area (Å²) in [5, 5.41) is 29.7. The van der Waals surface area contributed by atoms with Gasteiger partial charge in [-0.2, -0.15) is 0 Å². The molecule has 2 aromatic rings. The average molecular weight is 429 g/mol. The zero-order valence-electron chi connectivity index (χ0n) is 19.1. The van der Waals surface area contributed by atoms with E-state index in [0.717, 1.165) is 23.3 Å². The summed E-state index contributed by atoms with van der Waals surface area (Å²) >= 11 is 0. The number of aliphatic carboxylic acids is 1. The molecule has 31 heavy (non-hydrogen) atoms. The lowest BCUT2D eigenvalue weighted by molar-refractivity contribution is -0.139. The van der Waals surface area contributed by atoms with Gasteiger partial charge in [0.15, 0.2) is 6.61 Å². The maximum absolute atomic E-state index is 10.9. The molecule has 0 spiro atoms. The monoisotopic (exact) mass is 428 g/mol. The first-order valence-corrected chi connectivity index (χ1v) is 10.5. The van der Waals surface area contributed by atoms with Crippen LogP contribution in [0.5, 0.6) is 23.0 Å². The van der Waals surface area contributed by atoms with E-state index >= 15 is 0 Å². The minimum Gasteiger partial charge on any atom is -0.508 e. The van der Waals surface area contributed by atoms with Crippen LogP contribution in [0, 0.1) is 13.8 Å². The van der Waals surface area contributed by atoms with Crippen molar-refractivity contribution in [1.29, 1.82) is 0 Å². The van der Waals surface area contributed by atoms with E-state index < -0.39 is 18.0 Å². The fourth-order valence-corrected chi connectivity index (χ4v) is 4.50. The van der Waals surface area contributed by atoms with Gasteiger partial charge in [-0.25, -0.2) is 4.79 Å². The fourth-order valence-electron chi connectivity index (χ4n) is 4.50. The Morgan fingerprint density at radius 2 is 1.81 bits per heavy atom. The van der Waals surface area contributed by atoms with Crippen molar-refractivity contribution in [3.8, 4) is 23.0 Å². The van der Waals surface area contributed by atoms with Crippen LogP contribution in [0.25, 0.3) is 0 Å². The quantitative estimate of drug-likeness (QED) is 0.601. The van der Waals surface area contributed by atoms with Crippen LogP contribution in [0.1, 0.15) is 62.8 Å². The van der Waals surface area contributed by atoms with Gasteiger partial charge in [0.25, 0.3) is 0 Å². The zero-order valence-corrected chi connectivity index (χ0v) is 19.1. The number of benzene rings is 2. The molecule has 0 fully saturated rings. The Bertz CT molecular complexity index is 1010. The van der Waals surface area contributed by atoms with Gasteiger partial charge in [-0.15, -0.1) is 0 Å². The summed E-state index contributed by atoms with van der Waals surface area (Å²) in [7, 11) is 0. The molecule has 0 saturated heterocycles. The number of hydrogen-bond donors (Lipinski definition) is 3. The highest BCUT2D eigenvalue weighted by atomic mass is 16.5. The van der Waals surface area contributed by atoms with Crippen LogP contribution in [-0.2, 0) is 15.6 Å². The molecule has 0 unspecified atom stereocenters. The van der Waals surface area contributed by atoms with Gasteiger partial charge in [-0.3, -0.25) is 0 Å². The Labute approximate surface area is 183 Å². The van der Waals surface area contributed by atoms with E-state index in [1.807, 2.05) is 26.8 Å². The van der Waals surface area contributed by atoms with Crippen LogP contribution in [0.4, 0.5) is 0 Å². The second-order valence-electron chi connectivity index (χ2n) is 9.87. The summed E-state index contributed by atoms with van der Waals surface area (Å²) in [4.78, 5) is 10.9. The highest BCUT2D eigenvalue weighted by Gasteiger charge is 2.38. The summed E-state index contributed by atoms with van der Waals surface area (Å²) in [5.41, 5.74) is 2.50. The van der Waals surface area contributed by atoms with E-state index in [4.69, 9.17) is 14.6 Å². The molecule has 0 aromatic heterocycles. The van der Waals surface area contributed by atoms with Crippen LogP contribution in [0.2, 0.25) is 0 Å². The Kier molecular flexibility index (Phi) is 5.87. The molecule has 168 valence electrons. The molecule has 3 rings (SSSR count). The van der Waals surface area contributed by atoms with Crippen molar-refractivity contribution in [2.75, 3.05) is 6.61 Å². The summed E-state index contributed by atoms with van der Waals surface area (Å²) < 4.78 is 11.7. The molecule has 0 saturated carbocycles. The number of phenols is 2. The van der Waals surface area contributed by atoms with Crippen LogP contribution in [0.15, 0.2) is 24.3 Å². The maximum atomic E-state index is 10.9. The molecule has 0 bridgehead atoms. The highest BCUT2D eigenvalue weighted by molar-refractivity contribution is 5.68. The summed E-state index contributed by atoms with van der Waals surface area (Å²) in [6.07, 6.45) is 1.32. The second kappa shape index (κ2) is 7.98. The normalized spacial score (nSPS) is 17.5. The molecule has 1 atom stereocenters. The van der Waals surface area contributed by atoms with Crippen LogP contribution in [0.3, 0.4) is 0 Å². The Morgan fingerprint density at radius 3 is 2.45 bits per heavy atom. The number of carboxylic acids is 1. The summed E-state index contributed by atoms with van der Waals surface area (Å²) in [6.45, 7) is 11.5. The molecule has 6 heteroatoms. The van der Waals surface area contributed by atoms with Gasteiger partial charge in [0.1, 0.15) is 29.1 Å². The van der Waals surface area contributed by atoms with Crippen molar-refractivity contribution in [3.63, 3.8) is 0 Å². The van der Waals surface area contributed by atoms with E-state index in [-0.39, 0.29) is 23.0 Å². The minimum absolute atomic E-state index is 0.0921. The number of aryl methyl sites for hydroxylation is 2. The molecule has 6 nitrogen and oxygen atoms in total. The van der Waals surface area contributed by atoms with Crippen molar-refractivity contribution >= 4 is 5.97 Å². The molecular formula is C25H32O6. The first-order valence-electron chi connectivity index (χ1n) is 10.5. The Morgan fingerprint density at radius 1 is 1.13 bits per heavy atom. The third-order valence-electron chi connectivity index (χ3n) is 6.17. The number of aromatic hydroxyl groups is 2. The Hall–Kier alpha value is -2.89. The predicted octanol–water partition coefficient (Wildman–Crippen LogP) is 4.97. The van der Waals surface area contributed by atoms with Crippen LogP contribution in [-0.4, -0.2) is 34.0 Å². The summed E-state index contributed by atoms with van der Waals surface area (Å²) in [5.74, 6) is 0.607. The SMILES string of the molecule is Cc1cc2c(cc1O)C(C)(C)C[C@@H](CC(C)(C)c1cc(OCC(=O)O)c(C)cc1O)O2. The average Bonchev–Trinajstić information content (AvgIpc) is 2.61.